The lowest BCUT2D eigenvalue weighted by molar-refractivity contribution is 0.563. The number of sulfone groups is 1. The van der Waals surface area contributed by atoms with Crippen molar-refractivity contribution >= 4 is 20.9 Å². The van der Waals surface area contributed by atoms with Crippen LogP contribution in [0.5, 0.6) is 0 Å². The summed E-state index contributed by atoms with van der Waals surface area (Å²) in [5.41, 5.74) is 0.251. The van der Waals surface area contributed by atoms with E-state index in [0.29, 0.717) is 17.6 Å². The Morgan fingerprint density at radius 3 is 2.33 bits per heavy atom. The average Bonchev–Trinajstić information content (AvgIpc) is 2.37. The molecule has 2 rings (SSSR count). The molecule has 114 valence electrons. The molecule has 0 amide bonds. The standard InChI is InChI=1S/C13H17N3O4S/c1-3-14-11(7-21(2,19)20)8-4-5-9-10(6-8)16-13(18)12(17)15-9/h4-6,11,14H,3,7H2,1-2H3,(H,15,17)(H,16,18). The van der Waals surface area contributed by atoms with Crippen LogP contribution in [0, 0.1) is 0 Å². The zero-order valence-electron chi connectivity index (χ0n) is 11.8. The summed E-state index contributed by atoms with van der Waals surface area (Å²) in [6.45, 7) is 2.50. The molecule has 1 atom stereocenters. The molecule has 0 saturated heterocycles. The predicted octanol–water partition coefficient (Wildman–Crippen LogP) is -0.0884. The number of nitrogens with one attached hydrogen (secondary N) is 3. The van der Waals surface area contributed by atoms with E-state index in [4.69, 9.17) is 0 Å². The highest BCUT2D eigenvalue weighted by Gasteiger charge is 2.17. The van der Waals surface area contributed by atoms with Gasteiger partial charge in [0.05, 0.1) is 16.8 Å². The minimum atomic E-state index is -3.15. The van der Waals surface area contributed by atoms with Gasteiger partial charge in [0.15, 0.2) is 0 Å². The van der Waals surface area contributed by atoms with Gasteiger partial charge in [0.1, 0.15) is 9.84 Å². The molecule has 1 heterocycles. The summed E-state index contributed by atoms with van der Waals surface area (Å²) in [7, 11) is -3.15. The topological polar surface area (TPSA) is 112 Å². The highest BCUT2D eigenvalue weighted by Crippen LogP contribution is 2.18. The molecule has 8 heteroatoms. The number of rotatable bonds is 5. The lowest BCUT2D eigenvalue weighted by Gasteiger charge is -2.17. The zero-order valence-corrected chi connectivity index (χ0v) is 12.6. The van der Waals surface area contributed by atoms with E-state index in [1.54, 1.807) is 18.2 Å². The van der Waals surface area contributed by atoms with E-state index in [1.807, 2.05) is 6.92 Å². The van der Waals surface area contributed by atoms with Crippen molar-refractivity contribution in [3.63, 3.8) is 0 Å². The van der Waals surface area contributed by atoms with E-state index < -0.39 is 21.0 Å². The maximum absolute atomic E-state index is 11.5. The number of aromatic amines is 2. The zero-order chi connectivity index (χ0) is 15.6. The predicted molar refractivity (Wildman–Crippen MR) is 81.3 cm³/mol. The van der Waals surface area contributed by atoms with Crippen molar-refractivity contribution in [2.45, 2.75) is 13.0 Å². The molecule has 0 aliphatic carbocycles. The highest BCUT2D eigenvalue weighted by molar-refractivity contribution is 7.90. The average molecular weight is 311 g/mol. The molecule has 0 bridgehead atoms. The van der Waals surface area contributed by atoms with Gasteiger partial charge in [0.2, 0.25) is 0 Å². The SMILES string of the molecule is CCNC(CS(C)(=O)=O)c1ccc2[nH]c(=O)c(=O)[nH]c2c1. The Bertz CT molecular complexity index is 867. The van der Waals surface area contributed by atoms with Crippen molar-refractivity contribution in [3.05, 3.63) is 44.5 Å². The molecule has 1 unspecified atom stereocenters. The van der Waals surface area contributed by atoms with Gasteiger partial charge in [0, 0.05) is 12.3 Å². The van der Waals surface area contributed by atoms with Crippen LogP contribution in [0.15, 0.2) is 27.8 Å². The molecule has 0 spiro atoms. The largest absolute Gasteiger partial charge is 0.316 e. The molecule has 0 saturated carbocycles. The normalized spacial score (nSPS) is 13.4. The highest BCUT2D eigenvalue weighted by atomic mass is 32.2. The first-order valence-corrected chi connectivity index (χ1v) is 8.53. The van der Waals surface area contributed by atoms with Crippen molar-refractivity contribution < 1.29 is 8.42 Å². The second-order valence-corrected chi connectivity index (χ2v) is 7.10. The summed E-state index contributed by atoms with van der Waals surface area (Å²) < 4.78 is 23.0. The molecule has 1 aromatic heterocycles. The summed E-state index contributed by atoms with van der Waals surface area (Å²) in [4.78, 5) is 27.6. The fourth-order valence-corrected chi connectivity index (χ4v) is 3.09. The molecule has 0 radical (unpaired) electrons. The number of hydrogen-bond acceptors (Lipinski definition) is 5. The van der Waals surface area contributed by atoms with E-state index in [2.05, 4.69) is 15.3 Å². The van der Waals surface area contributed by atoms with E-state index in [0.717, 1.165) is 5.56 Å². The van der Waals surface area contributed by atoms with Crippen LogP contribution in [0.4, 0.5) is 0 Å². The van der Waals surface area contributed by atoms with Gasteiger partial charge in [-0.05, 0) is 24.2 Å². The van der Waals surface area contributed by atoms with Crippen molar-refractivity contribution in [3.8, 4) is 0 Å². The summed E-state index contributed by atoms with van der Waals surface area (Å²) >= 11 is 0. The maximum atomic E-state index is 11.5. The van der Waals surface area contributed by atoms with E-state index in [-0.39, 0.29) is 11.8 Å². The van der Waals surface area contributed by atoms with Crippen molar-refractivity contribution in [1.29, 1.82) is 0 Å². The minimum absolute atomic E-state index is 0.0417. The summed E-state index contributed by atoms with van der Waals surface area (Å²) in [6.07, 6.45) is 1.18. The third-order valence-corrected chi connectivity index (χ3v) is 4.01. The number of H-pyrrole nitrogens is 2. The monoisotopic (exact) mass is 311 g/mol. The van der Waals surface area contributed by atoms with Gasteiger partial charge >= 0.3 is 11.1 Å². The van der Waals surface area contributed by atoms with Crippen molar-refractivity contribution in [2.75, 3.05) is 18.6 Å². The van der Waals surface area contributed by atoms with Crippen LogP contribution in [0.2, 0.25) is 0 Å². The van der Waals surface area contributed by atoms with Gasteiger partial charge in [-0.3, -0.25) is 9.59 Å². The van der Waals surface area contributed by atoms with Gasteiger partial charge in [-0.2, -0.15) is 0 Å². The van der Waals surface area contributed by atoms with Crippen LogP contribution in [-0.2, 0) is 9.84 Å². The molecule has 3 N–H and O–H groups in total. The molecule has 7 nitrogen and oxygen atoms in total. The van der Waals surface area contributed by atoms with Crippen LogP contribution in [0.25, 0.3) is 11.0 Å². The quantitative estimate of drug-likeness (QED) is 0.668. The van der Waals surface area contributed by atoms with E-state index in [1.165, 1.54) is 6.26 Å². The fourth-order valence-electron chi connectivity index (χ4n) is 2.17. The molecule has 0 aliphatic heterocycles. The number of benzene rings is 1. The Kier molecular flexibility index (Phi) is 4.29. The Labute approximate surface area is 121 Å². The van der Waals surface area contributed by atoms with Gasteiger partial charge < -0.3 is 15.3 Å². The smallest absolute Gasteiger partial charge is 0.314 e. The van der Waals surface area contributed by atoms with Gasteiger partial charge in [-0.25, -0.2) is 8.42 Å². The molecule has 0 fully saturated rings. The molecule has 0 aliphatic rings. The lowest BCUT2D eigenvalue weighted by atomic mass is 10.1. The van der Waals surface area contributed by atoms with Crippen LogP contribution in [0.3, 0.4) is 0 Å². The second kappa shape index (κ2) is 5.82. The van der Waals surface area contributed by atoms with E-state index in [9.17, 15) is 18.0 Å². The summed E-state index contributed by atoms with van der Waals surface area (Å²) in [5.74, 6) is -0.0417. The third kappa shape index (κ3) is 3.79. The van der Waals surface area contributed by atoms with Crippen LogP contribution >= 0.6 is 0 Å². The number of fused-ring (bicyclic) bond motifs is 1. The first-order chi connectivity index (χ1) is 9.80. The summed E-state index contributed by atoms with van der Waals surface area (Å²) in [5, 5.41) is 3.10. The van der Waals surface area contributed by atoms with Gasteiger partial charge in [-0.1, -0.05) is 13.0 Å². The molecule has 1 aromatic carbocycles. The fraction of sp³-hybridized carbons (Fsp3) is 0.385. The molecule has 21 heavy (non-hydrogen) atoms. The molecule has 2 aromatic rings. The first kappa shape index (κ1) is 15.5. The Hall–Kier alpha value is -1.93. The molecular weight excluding hydrogens is 294 g/mol. The molecular formula is C13H17N3O4S. The van der Waals surface area contributed by atoms with Crippen LogP contribution in [-0.4, -0.2) is 36.9 Å². The third-order valence-electron chi connectivity index (χ3n) is 3.07. The van der Waals surface area contributed by atoms with Crippen molar-refractivity contribution in [2.24, 2.45) is 0 Å². The Balaban J connectivity index is 2.50. The lowest BCUT2D eigenvalue weighted by Crippen LogP contribution is -2.30. The Morgan fingerprint density at radius 2 is 1.76 bits per heavy atom. The van der Waals surface area contributed by atoms with Crippen LogP contribution < -0.4 is 16.4 Å². The Morgan fingerprint density at radius 1 is 1.14 bits per heavy atom. The van der Waals surface area contributed by atoms with Gasteiger partial charge in [-0.15, -0.1) is 0 Å². The van der Waals surface area contributed by atoms with Crippen molar-refractivity contribution in [1.82, 2.24) is 15.3 Å². The van der Waals surface area contributed by atoms with Gasteiger partial charge in [0.25, 0.3) is 0 Å². The maximum Gasteiger partial charge on any atom is 0.314 e. The second-order valence-electron chi connectivity index (χ2n) is 4.92. The minimum Gasteiger partial charge on any atom is -0.316 e. The number of aromatic nitrogens is 2. The van der Waals surface area contributed by atoms with Crippen LogP contribution in [0.1, 0.15) is 18.5 Å². The first-order valence-electron chi connectivity index (χ1n) is 6.47. The summed E-state index contributed by atoms with van der Waals surface area (Å²) in [6, 6.07) is 4.68. The van der Waals surface area contributed by atoms with E-state index >= 15 is 0 Å². The number of hydrogen-bond donors (Lipinski definition) is 3.